The largest absolute Gasteiger partial charge is 0.466 e. The highest BCUT2D eigenvalue weighted by Gasteiger charge is 2.17. The number of thiazole rings is 1. The van der Waals surface area contributed by atoms with Crippen molar-refractivity contribution >= 4 is 44.3 Å². The molecule has 0 unspecified atom stereocenters. The zero-order valence-electron chi connectivity index (χ0n) is 14.7. The number of carbonyl (C=O) groups excluding carboxylic acids is 2. The number of aromatic nitrogens is 3. The van der Waals surface area contributed by atoms with E-state index in [0.717, 1.165) is 15.9 Å². The molecule has 0 spiro atoms. The van der Waals surface area contributed by atoms with Crippen molar-refractivity contribution in [3.63, 3.8) is 0 Å². The minimum atomic E-state index is -0.340. The van der Waals surface area contributed by atoms with Crippen LogP contribution in [-0.4, -0.2) is 33.2 Å². The molecule has 140 valence electrons. The molecular formula is C18H17BrN4O3S. The summed E-state index contributed by atoms with van der Waals surface area (Å²) in [5.74, 6) is -0.639. The standard InChI is InChI=1S/C18H17BrN4O3S/c1-3-26-16(24)8-13-10-27-18(21-13)22-17(25)15-9-20-23(11(15)2)14-6-4-12(19)5-7-14/h4-7,9-10H,3,8H2,1-2H3,(H,21,22,25). The number of halogens is 1. The van der Waals surface area contributed by atoms with Gasteiger partial charge < -0.3 is 4.74 Å². The molecule has 0 aliphatic heterocycles. The van der Waals surface area contributed by atoms with Crippen LogP contribution in [0.5, 0.6) is 0 Å². The van der Waals surface area contributed by atoms with Crippen molar-refractivity contribution in [3.05, 3.63) is 57.3 Å². The quantitative estimate of drug-likeness (QED) is 0.580. The number of ether oxygens (including phenoxy) is 1. The molecule has 0 aliphatic rings. The van der Waals surface area contributed by atoms with Gasteiger partial charge in [0.15, 0.2) is 5.13 Å². The molecule has 1 amide bonds. The van der Waals surface area contributed by atoms with Crippen LogP contribution in [0.4, 0.5) is 5.13 Å². The zero-order chi connectivity index (χ0) is 19.4. The van der Waals surface area contributed by atoms with Crippen LogP contribution in [-0.2, 0) is 16.0 Å². The van der Waals surface area contributed by atoms with Crippen LogP contribution in [0.25, 0.3) is 5.69 Å². The Kier molecular flexibility index (Phi) is 6.02. The molecule has 0 saturated heterocycles. The number of benzene rings is 1. The van der Waals surface area contributed by atoms with E-state index in [0.29, 0.717) is 23.0 Å². The molecule has 0 bridgehead atoms. The lowest BCUT2D eigenvalue weighted by Gasteiger charge is -2.05. The van der Waals surface area contributed by atoms with Crippen molar-refractivity contribution in [1.29, 1.82) is 0 Å². The Balaban J connectivity index is 1.71. The molecule has 9 heteroatoms. The van der Waals surface area contributed by atoms with Crippen LogP contribution < -0.4 is 5.32 Å². The molecule has 1 aromatic carbocycles. The average Bonchev–Trinajstić information content (AvgIpc) is 3.22. The molecular weight excluding hydrogens is 432 g/mol. The molecule has 0 atom stereocenters. The summed E-state index contributed by atoms with van der Waals surface area (Å²) in [6.07, 6.45) is 1.61. The maximum atomic E-state index is 12.6. The van der Waals surface area contributed by atoms with E-state index in [2.05, 4.69) is 31.3 Å². The highest BCUT2D eigenvalue weighted by molar-refractivity contribution is 9.10. The van der Waals surface area contributed by atoms with Gasteiger partial charge >= 0.3 is 5.97 Å². The summed E-state index contributed by atoms with van der Waals surface area (Å²) < 4.78 is 7.57. The lowest BCUT2D eigenvalue weighted by molar-refractivity contribution is -0.142. The van der Waals surface area contributed by atoms with Crippen LogP contribution in [0.2, 0.25) is 0 Å². The molecule has 3 rings (SSSR count). The summed E-state index contributed by atoms with van der Waals surface area (Å²) in [6.45, 7) is 3.91. The van der Waals surface area contributed by atoms with E-state index in [1.54, 1.807) is 17.0 Å². The summed E-state index contributed by atoms with van der Waals surface area (Å²) in [6, 6.07) is 7.65. The van der Waals surface area contributed by atoms with Crippen molar-refractivity contribution in [2.45, 2.75) is 20.3 Å². The number of anilines is 1. The normalized spacial score (nSPS) is 10.6. The van der Waals surface area contributed by atoms with E-state index in [-0.39, 0.29) is 18.3 Å². The number of hydrogen-bond acceptors (Lipinski definition) is 6. The van der Waals surface area contributed by atoms with Gasteiger partial charge in [0.1, 0.15) is 0 Å². The second kappa shape index (κ2) is 8.45. The predicted octanol–water partition coefficient (Wildman–Crippen LogP) is 3.76. The third-order valence-electron chi connectivity index (χ3n) is 3.73. The number of nitrogens with one attached hydrogen (secondary N) is 1. The van der Waals surface area contributed by atoms with Crippen molar-refractivity contribution in [2.24, 2.45) is 0 Å². The minimum absolute atomic E-state index is 0.0841. The Hall–Kier alpha value is -2.52. The Morgan fingerprint density at radius 1 is 1.30 bits per heavy atom. The lowest BCUT2D eigenvalue weighted by Crippen LogP contribution is -2.13. The van der Waals surface area contributed by atoms with E-state index < -0.39 is 0 Å². The van der Waals surface area contributed by atoms with Crippen molar-refractivity contribution in [3.8, 4) is 5.69 Å². The van der Waals surface area contributed by atoms with Gasteiger partial charge in [0, 0.05) is 9.85 Å². The Labute approximate surface area is 168 Å². The molecule has 2 aromatic heterocycles. The van der Waals surface area contributed by atoms with Gasteiger partial charge in [0.05, 0.1) is 41.9 Å². The van der Waals surface area contributed by atoms with Gasteiger partial charge in [-0.3, -0.25) is 14.9 Å². The molecule has 7 nitrogen and oxygen atoms in total. The van der Waals surface area contributed by atoms with Crippen molar-refractivity contribution in [2.75, 3.05) is 11.9 Å². The number of amides is 1. The van der Waals surface area contributed by atoms with Crippen LogP contribution in [0.15, 0.2) is 40.3 Å². The minimum Gasteiger partial charge on any atom is -0.466 e. The fourth-order valence-electron chi connectivity index (χ4n) is 2.45. The second-order valence-corrected chi connectivity index (χ2v) is 7.39. The second-order valence-electron chi connectivity index (χ2n) is 5.61. The third kappa shape index (κ3) is 4.61. The van der Waals surface area contributed by atoms with Crippen LogP contribution in [0.1, 0.15) is 28.7 Å². The van der Waals surface area contributed by atoms with Crippen molar-refractivity contribution in [1.82, 2.24) is 14.8 Å². The Morgan fingerprint density at radius 3 is 2.74 bits per heavy atom. The lowest BCUT2D eigenvalue weighted by atomic mass is 10.2. The molecule has 3 aromatic rings. The van der Waals surface area contributed by atoms with Gasteiger partial charge in [0.25, 0.3) is 5.91 Å². The Morgan fingerprint density at radius 2 is 2.04 bits per heavy atom. The summed E-state index contributed by atoms with van der Waals surface area (Å²) in [5.41, 5.74) is 2.61. The highest BCUT2D eigenvalue weighted by atomic mass is 79.9. The first-order valence-corrected chi connectivity index (χ1v) is 9.87. The molecule has 2 heterocycles. The van der Waals surface area contributed by atoms with Gasteiger partial charge in [-0.25, -0.2) is 9.67 Å². The molecule has 0 saturated carbocycles. The van der Waals surface area contributed by atoms with Gasteiger partial charge in [-0.05, 0) is 38.1 Å². The first-order chi connectivity index (χ1) is 13.0. The fraction of sp³-hybridized carbons (Fsp3) is 0.222. The maximum Gasteiger partial charge on any atom is 0.311 e. The Bertz CT molecular complexity index is 965. The number of carbonyl (C=O) groups is 2. The molecule has 0 radical (unpaired) electrons. The van der Waals surface area contributed by atoms with Gasteiger partial charge in [0.2, 0.25) is 0 Å². The SMILES string of the molecule is CCOC(=O)Cc1csc(NC(=O)c2cnn(-c3ccc(Br)cc3)c2C)n1. The first-order valence-electron chi connectivity index (χ1n) is 8.20. The first kappa shape index (κ1) is 19.2. The summed E-state index contributed by atoms with van der Waals surface area (Å²) in [7, 11) is 0. The van der Waals surface area contributed by atoms with Crippen LogP contribution in [0.3, 0.4) is 0 Å². The topological polar surface area (TPSA) is 86.1 Å². The summed E-state index contributed by atoms with van der Waals surface area (Å²) >= 11 is 4.66. The van der Waals surface area contributed by atoms with Gasteiger partial charge in [-0.15, -0.1) is 11.3 Å². The van der Waals surface area contributed by atoms with Crippen molar-refractivity contribution < 1.29 is 14.3 Å². The van der Waals surface area contributed by atoms with E-state index in [4.69, 9.17) is 4.74 Å². The molecule has 27 heavy (non-hydrogen) atoms. The summed E-state index contributed by atoms with van der Waals surface area (Å²) in [4.78, 5) is 28.3. The average molecular weight is 449 g/mol. The molecule has 1 N–H and O–H groups in total. The summed E-state index contributed by atoms with van der Waals surface area (Å²) in [5, 5.41) is 9.21. The highest BCUT2D eigenvalue weighted by Crippen LogP contribution is 2.20. The molecule has 0 aliphatic carbocycles. The van der Waals surface area contributed by atoms with Crippen LogP contribution >= 0.6 is 27.3 Å². The monoisotopic (exact) mass is 448 g/mol. The zero-order valence-corrected chi connectivity index (χ0v) is 17.1. The number of rotatable bonds is 6. The third-order valence-corrected chi connectivity index (χ3v) is 5.06. The van der Waals surface area contributed by atoms with Crippen LogP contribution in [0, 0.1) is 6.92 Å². The van der Waals surface area contributed by atoms with E-state index in [1.807, 2.05) is 31.2 Å². The van der Waals surface area contributed by atoms with E-state index in [1.165, 1.54) is 17.5 Å². The maximum absolute atomic E-state index is 12.6. The number of nitrogens with zero attached hydrogens (tertiary/aromatic N) is 3. The molecule has 0 fully saturated rings. The van der Waals surface area contributed by atoms with E-state index in [9.17, 15) is 9.59 Å². The fourth-order valence-corrected chi connectivity index (χ4v) is 3.41. The van der Waals surface area contributed by atoms with E-state index >= 15 is 0 Å². The predicted molar refractivity (Wildman–Crippen MR) is 106 cm³/mol. The van der Waals surface area contributed by atoms with Gasteiger partial charge in [-0.1, -0.05) is 15.9 Å². The number of esters is 1. The van der Waals surface area contributed by atoms with Gasteiger partial charge in [-0.2, -0.15) is 5.10 Å². The number of hydrogen-bond donors (Lipinski definition) is 1. The smallest absolute Gasteiger partial charge is 0.311 e.